The SMILES string of the molecule is Cc1nc(C(C)Nc2ccc([N+](=O)[O-])cc2F)c(C)s1. The van der Waals surface area contributed by atoms with Crippen molar-refractivity contribution in [3.05, 3.63) is 49.7 Å². The molecule has 0 radical (unpaired) electrons. The van der Waals surface area contributed by atoms with Crippen LogP contribution in [0.25, 0.3) is 0 Å². The second-order valence-electron chi connectivity index (χ2n) is 4.46. The van der Waals surface area contributed by atoms with Crippen LogP contribution in [0.15, 0.2) is 18.2 Å². The van der Waals surface area contributed by atoms with E-state index in [0.717, 1.165) is 21.6 Å². The van der Waals surface area contributed by atoms with E-state index in [1.165, 1.54) is 12.1 Å². The predicted molar refractivity (Wildman–Crippen MR) is 76.7 cm³/mol. The smallest absolute Gasteiger partial charge is 0.272 e. The van der Waals surface area contributed by atoms with E-state index in [0.29, 0.717) is 0 Å². The van der Waals surface area contributed by atoms with Crippen molar-refractivity contribution in [1.82, 2.24) is 4.98 Å². The Labute approximate surface area is 119 Å². The molecule has 0 bridgehead atoms. The molecule has 2 rings (SSSR count). The van der Waals surface area contributed by atoms with Gasteiger partial charge >= 0.3 is 0 Å². The molecule has 0 saturated carbocycles. The zero-order valence-corrected chi connectivity index (χ0v) is 12.1. The van der Waals surface area contributed by atoms with Crippen LogP contribution in [0.2, 0.25) is 0 Å². The van der Waals surface area contributed by atoms with Crippen molar-refractivity contribution in [2.24, 2.45) is 0 Å². The summed E-state index contributed by atoms with van der Waals surface area (Å²) in [5.74, 6) is -0.643. The van der Waals surface area contributed by atoms with E-state index in [-0.39, 0.29) is 17.4 Å². The third-order valence-electron chi connectivity index (χ3n) is 2.89. The fourth-order valence-electron chi connectivity index (χ4n) is 1.98. The molecule has 2 aromatic rings. The minimum atomic E-state index is -0.643. The molecule has 106 valence electrons. The molecule has 0 aliphatic carbocycles. The van der Waals surface area contributed by atoms with E-state index in [1.54, 1.807) is 11.3 Å². The fourth-order valence-corrected chi connectivity index (χ4v) is 2.90. The first-order valence-corrected chi connectivity index (χ1v) is 6.84. The summed E-state index contributed by atoms with van der Waals surface area (Å²) < 4.78 is 13.8. The number of halogens is 1. The number of aryl methyl sites for hydroxylation is 2. The van der Waals surface area contributed by atoms with E-state index < -0.39 is 10.7 Å². The summed E-state index contributed by atoms with van der Waals surface area (Å²) in [5.41, 5.74) is 0.833. The van der Waals surface area contributed by atoms with Gasteiger partial charge in [-0.15, -0.1) is 11.3 Å². The molecule has 0 spiro atoms. The number of aromatic nitrogens is 1. The third kappa shape index (κ3) is 2.93. The lowest BCUT2D eigenvalue weighted by atomic mass is 10.2. The zero-order chi connectivity index (χ0) is 14.9. The van der Waals surface area contributed by atoms with Crippen molar-refractivity contribution in [3.63, 3.8) is 0 Å². The Morgan fingerprint density at radius 3 is 2.65 bits per heavy atom. The van der Waals surface area contributed by atoms with Crippen LogP contribution in [0.3, 0.4) is 0 Å². The van der Waals surface area contributed by atoms with Crippen LogP contribution in [0.4, 0.5) is 15.8 Å². The lowest BCUT2D eigenvalue weighted by Gasteiger charge is -2.14. The minimum absolute atomic E-state index is 0.170. The van der Waals surface area contributed by atoms with Crippen LogP contribution in [0.5, 0.6) is 0 Å². The highest BCUT2D eigenvalue weighted by Gasteiger charge is 2.16. The van der Waals surface area contributed by atoms with Crippen molar-refractivity contribution in [2.75, 3.05) is 5.32 Å². The molecular weight excluding hydrogens is 281 g/mol. The number of benzene rings is 1. The molecule has 1 aromatic carbocycles. The molecule has 7 heteroatoms. The Kier molecular flexibility index (Phi) is 3.99. The number of nitrogens with one attached hydrogen (secondary N) is 1. The standard InChI is InChI=1S/C13H14FN3O2S/c1-7(13-8(2)20-9(3)16-13)15-12-5-4-10(17(18)19)6-11(12)14/h4-7,15H,1-3H3. The summed E-state index contributed by atoms with van der Waals surface area (Å²) in [6.45, 7) is 5.76. The molecule has 1 unspecified atom stereocenters. The Hall–Kier alpha value is -2.02. The Bertz CT molecular complexity index is 657. The number of nitro groups is 1. The van der Waals surface area contributed by atoms with Gasteiger partial charge in [-0.1, -0.05) is 0 Å². The Morgan fingerprint density at radius 2 is 2.15 bits per heavy atom. The number of rotatable bonds is 4. The van der Waals surface area contributed by atoms with Crippen LogP contribution in [-0.4, -0.2) is 9.91 Å². The Morgan fingerprint density at radius 1 is 1.45 bits per heavy atom. The maximum Gasteiger partial charge on any atom is 0.272 e. The van der Waals surface area contributed by atoms with E-state index in [1.807, 2.05) is 20.8 Å². The highest BCUT2D eigenvalue weighted by molar-refractivity contribution is 7.11. The van der Waals surface area contributed by atoms with Gasteiger partial charge in [0.15, 0.2) is 5.82 Å². The molecule has 0 amide bonds. The fraction of sp³-hybridized carbons (Fsp3) is 0.308. The number of nitro benzene ring substituents is 1. The van der Waals surface area contributed by atoms with Gasteiger partial charge < -0.3 is 5.32 Å². The molecule has 1 N–H and O–H groups in total. The van der Waals surface area contributed by atoms with Gasteiger partial charge in [-0.25, -0.2) is 9.37 Å². The number of non-ortho nitro benzene ring substituents is 1. The first-order valence-electron chi connectivity index (χ1n) is 6.03. The normalized spacial score (nSPS) is 12.2. The zero-order valence-electron chi connectivity index (χ0n) is 11.3. The number of hydrogen-bond acceptors (Lipinski definition) is 5. The molecule has 1 aromatic heterocycles. The highest BCUT2D eigenvalue weighted by atomic mass is 32.1. The number of thiazole rings is 1. The second-order valence-corrected chi connectivity index (χ2v) is 5.87. The van der Waals surface area contributed by atoms with Crippen molar-refractivity contribution in [1.29, 1.82) is 0 Å². The molecule has 20 heavy (non-hydrogen) atoms. The van der Waals surface area contributed by atoms with Crippen molar-refractivity contribution >= 4 is 22.7 Å². The molecule has 0 fully saturated rings. The van der Waals surface area contributed by atoms with Crippen molar-refractivity contribution in [2.45, 2.75) is 26.8 Å². The van der Waals surface area contributed by atoms with Gasteiger partial charge in [-0.05, 0) is 26.8 Å². The largest absolute Gasteiger partial charge is 0.375 e. The topological polar surface area (TPSA) is 68.1 Å². The van der Waals surface area contributed by atoms with E-state index in [2.05, 4.69) is 10.3 Å². The molecule has 5 nitrogen and oxygen atoms in total. The van der Waals surface area contributed by atoms with E-state index >= 15 is 0 Å². The van der Waals surface area contributed by atoms with Gasteiger partial charge in [0.1, 0.15) is 0 Å². The maximum atomic E-state index is 13.8. The highest BCUT2D eigenvalue weighted by Crippen LogP contribution is 2.28. The molecule has 1 atom stereocenters. The van der Waals surface area contributed by atoms with Crippen molar-refractivity contribution in [3.8, 4) is 0 Å². The summed E-state index contributed by atoms with van der Waals surface area (Å²) in [6, 6.07) is 3.39. The summed E-state index contributed by atoms with van der Waals surface area (Å²) >= 11 is 1.58. The van der Waals surface area contributed by atoms with Crippen LogP contribution in [0, 0.1) is 29.8 Å². The number of anilines is 1. The minimum Gasteiger partial charge on any atom is -0.375 e. The van der Waals surface area contributed by atoms with E-state index in [9.17, 15) is 14.5 Å². The molecule has 0 saturated heterocycles. The lowest BCUT2D eigenvalue weighted by Crippen LogP contribution is -2.09. The first kappa shape index (κ1) is 14.4. The summed E-state index contributed by atoms with van der Waals surface area (Å²) in [4.78, 5) is 15.4. The van der Waals surface area contributed by atoms with Gasteiger partial charge in [0.2, 0.25) is 0 Å². The van der Waals surface area contributed by atoms with Crippen LogP contribution < -0.4 is 5.32 Å². The van der Waals surface area contributed by atoms with Gasteiger partial charge in [-0.2, -0.15) is 0 Å². The van der Waals surface area contributed by atoms with Crippen LogP contribution >= 0.6 is 11.3 Å². The van der Waals surface area contributed by atoms with Crippen LogP contribution in [-0.2, 0) is 0 Å². The average molecular weight is 295 g/mol. The molecular formula is C13H14FN3O2S. The molecule has 0 aliphatic heterocycles. The van der Waals surface area contributed by atoms with E-state index in [4.69, 9.17) is 0 Å². The maximum absolute atomic E-state index is 13.8. The van der Waals surface area contributed by atoms with Gasteiger partial charge in [0, 0.05) is 10.9 Å². The van der Waals surface area contributed by atoms with Gasteiger partial charge in [0.25, 0.3) is 5.69 Å². The third-order valence-corrected chi connectivity index (χ3v) is 3.79. The monoisotopic (exact) mass is 295 g/mol. The molecule has 0 aliphatic rings. The second kappa shape index (κ2) is 5.54. The lowest BCUT2D eigenvalue weighted by molar-refractivity contribution is -0.385. The first-order chi connectivity index (χ1) is 9.38. The molecule has 1 heterocycles. The van der Waals surface area contributed by atoms with Gasteiger partial charge in [0.05, 0.1) is 33.4 Å². The average Bonchev–Trinajstić information content (AvgIpc) is 2.70. The van der Waals surface area contributed by atoms with Crippen LogP contribution in [0.1, 0.15) is 28.5 Å². The van der Waals surface area contributed by atoms with Gasteiger partial charge in [-0.3, -0.25) is 10.1 Å². The predicted octanol–water partition coefficient (Wildman–Crippen LogP) is 3.98. The summed E-state index contributed by atoms with van der Waals surface area (Å²) in [7, 11) is 0. The number of nitrogens with zero attached hydrogens (tertiary/aromatic N) is 2. The Balaban J connectivity index is 2.22. The number of hydrogen-bond donors (Lipinski definition) is 1. The summed E-state index contributed by atoms with van der Waals surface area (Å²) in [6.07, 6.45) is 0. The van der Waals surface area contributed by atoms with Crippen molar-refractivity contribution < 1.29 is 9.31 Å². The summed E-state index contributed by atoms with van der Waals surface area (Å²) in [5, 5.41) is 14.5. The quantitative estimate of drug-likeness (QED) is 0.684.